The highest BCUT2D eigenvalue weighted by Crippen LogP contribution is 2.17. The highest BCUT2D eigenvalue weighted by molar-refractivity contribution is 5.95. The van der Waals surface area contributed by atoms with E-state index in [9.17, 15) is 4.79 Å². The molecular formula is C7H10O2. The predicted octanol–water partition coefficient (Wildman–Crippen LogP) is 1.43. The summed E-state index contributed by atoms with van der Waals surface area (Å²) in [4.78, 5) is 10.8. The van der Waals surface area contributed by atoms with Gasteiger partial charge in [0.2, 0.25) is 0 Å². The van der Waals surface area contributed by atoms with Crippen LogP contribution < -0.4 is 0 Å². The Morgan fingerprint density at radius 3 is 2.89 bits per heavy atom. The second-order valence-corrected chi connectivity index (χ2v) is 2.43. The van der Waals surface area contributed by atoms with Crippen molar-refractivity contribution >= 4 is 5.78 Å². The van der Waals surface area contributed by atoms with Gasteiger partial charge in [-0.2, -0.15) is 0 Å². The standard InChI is InChI=1S/C7H10O2/c1-5-3-2-4-6(8)7(5)9/h4-5,8H,2-3H2,1H3. The second kappa shape index (κ2) is 2.21. The van der Waals surface area contributed by atoms with Crippen molar-refractivity contribution in [2.24, 2.45) is 5.92 Å². The number of hydrogen-bond acceptors (Lipinski definition) is 2. The molecule has 9 heavy (non-hydrogen) atoms. The molecule has 0 radical (unpaired) electrons. The van der Waals surface area contributed by atoms with Crippen LogP contribution in [0.4, 0.5) is 0 Å². The van der Waals surface area contributed by atoms with Crippen molar-refractivity contribution in [2.75, 3.05) is 0 Å². The van der Waals surface area contributed by atoms with E-state index in [1.54, 1.807) is 6.08 Å². The second-order valence-electron chi connectivity index (χ2n) is 2.43. The third kappa shape index (κ3) is 1.12. The lowest BCUT2D eigenvalue weighted by Gasteiger charge is -2.12. The van der Waals surface area contributed by atoms with Crippen molar-refractivity contribution in [1.29, 1.82) is 0 Å². The number of Topliss-reactive ketones (excluding diaryl/α,β-unsaturated/α-hetero) is 1. The molecule has 1 N–H and O–H groups in total. The van der Waals surface area contributed by atoms with Crippen LogP contribution in [0.2, 0.25) is 0 Å². The fraction of sp³-hybridized carbons (Fsp3) is 0.571. The number of hydrogen-bond donors (Lipinski definition) is 1. The molecule has 50 valence electrons. The highest BCUT2D eigenvalue weighted by Gasteiger charge is 2.19. The third-order valence-electron chi connectivity index (χ3n) is 1.64. The maximum atomic E-state index is 10.8. The fourth-order valence-corrected chi connectivity index (χ4v) is 0.954. The van der Waals surface area contributed by atoms with Gasteiger partial charge in [-0.3, -0.25) is 4.79 Å². The Labute approximate surface area is 54.2 Å². The molecule has 0 spiro atoms. The van der Waals surface area contributed by atoms with Crippen molar-refractivity contribution in [1.82, 2.24) is 0 Å². The van der Waals surface area contributed by atoms with Crippen LogP contribution in [0.1, 0.15) is 19.8 Å². The van der Waals surface area contributed by atoms with Gasteiger partial charge < -0.3 is 5.11 Å². The van der Waals surface area contributed by atoms with Gasteiger partial charge in [0.25, 0.3) is 0 Å². The molecule has 2 nitrogen and oxygen atoms in total. The monoisotopic (exact) mass is 126 g/mol. The van der Waals surface area contributed by atoms with Gasteiger partial charge in [0, 0.05) is 5.92 Å². The van der Waals surface area contributed by atoms with Crippen LogP contribution in [0.15, 0.2) is 11.8 Å². The van der Waals surface area contributed by atoms with Gasteiger partial charge in [-0.15, -0.1) is 0 Å². The summed E-state index contributed by atoms with van der Waals surface area (Å²) < 4.78 is 0. The smallest absolute Gasteiger partial charge is 0.199 e. The van der Waals surface area contributed by atoms with Crippen molar-refractivity contribution in [3.8, 4) is 0 Å². The summed E-state index contributed by atoms with van der Waals surface area (Å²) in [5.41, 5.74) is 0. The van der Waals surface area contributed by atoms with Crippen LogP contribution in [0.25, 0.3) is 0 Å². The van der Waals surface area contributed by atoms with E-state index in [1.165, 1.54) is 0 Å². The first kappa shape index (κ1) is 6.33. The van der Waals surface area contributed by atoms with Crippen LogP contribution in [0.5, 0.6) is 0 Å². The normalized spacial score (nSPS) is 27.9. The molecule has 0 saturated carbocycles. The Kier molecular flexibility index (Phi) is 1.56. The van der Waals surface area contributed by atoms with E-state index in [4.69, 9.17) is 5.11 Å². The Balaban J connectivity index is 2.74. The van der Waals surface area contributed by atoms with Gasteiger partial charge in [-0.25, -0.2) is 0 Å². The maximum absolute atomic E-state index is 10.8. The summed E-state index contributed by atoms with van der Waals surface area (Å²) in [6.45, 7) is 1.84. The summed E-state index contributed by atoms with van der Waals surface area (Å²) in [6, 6.07) is 0. The van der Waals surface area contributed by atoms with E-state index in [0.717, 1.165) is 12.8 Å². The zero-order valence-electron chi connectivity index (χ0n) is 5.42. The minimum absolute atomic E-state index is 0.0231. The summed E-state index contributed by atoms with van der Waals surface area (Å²) in [6.07, 6.45) is 3.30. The van der Waals surface area contributed by atoms with Gasteiger partial charge in [-0.1, -0.05) is 6.92 Å². The van der Waals surface area contributed by atoms with Crippen molar-refractivity contribution < 1.29 is 9.90 Å². The number of allylic oxidation sites excluding steroid dienone is 2. The van der Waals surface area contributed by atoms with Crippen molar-refractivity contribution in [2.45, 2.75) is 19.8 Å². The third-order valence-corrected chi connectivity index (χ3v) is 1.64. The predicted molar refractivity (Wildman–Crippen MR) is 34.1 cm³/mol. The van der Waals surface area contributed by atoms with Gasteiger partial charge in [0.15, 0.2) is 11.5 Å². The number of aliphatic hydroxyl groups is 1. The average Bonchev–Trinajstić information content (AvgIpc) is 1.83. The molecule has 2 heteroatoms. The first-order chi connectivity index (χ1) is 4.22. The van der Waals surface area contributed by atoms with Crippen LogP contribution in [-0.4, -0.2) is 10.9 Å². The molecule has 1 aliphatic carbocycles. The van der Waals surface area contributed by atoms with Crippen LogP contribution in [0, 0.1) is 5.92 Å². The van der Waals surface area contributed by atoms with E-state index < -0.39 is 0 Å². The molecule has 1 unspecified atom stereocenters. The summed E-state index contributed by atoms with van der Waals surface area (Å²) >= 11 is 0. The number of ketones is 1. The molecule has 0 aliphatic heterocycles. The summed E-state index contributed by atoms with van der Waals surface area (Å²) in [5.74, 6) is -0.134. The van der Waals surface area contributed by atoms with Gasteiger partial charge in [0.1, 0.15) is 0 Å². The van der Waals surface area contributed by atoms with E-state index >= 15 is 0 Å². The maximum Gasteiger partial charge on any atom is 0.199 e. The van der Waals surface area contributed by atoms with Crippen LogP contribution in [0.3, 0.4) is 0 Å². The molecule has 0 bridgehead atoms. The van der Waals surface area contributed by atoms with Crippen LogP contribution >= 0.6 is 0 Å². The first-order valence-electron chi connectivity index (χ1n) is 3.15. The SMILES string of the molecule is CC1CCC=C(O)C1=O. The highest BCUT2D eigenvalue weighted by atomic mass is 16.3. The van der Waals surface area contributed by atoms with E-state index in [2.05, 4.69) is 0 Å². The molecule has 0 aromatic rings. The Morgan fingerprint density at radius 2 is 2.44 bits per heavy atom. The van der Waals surface area contributed by atoms with Crippen molar-refractivity contribution in [3.63, 3.8) is 0 Å². The lowest BCUT2D eigenvalue weighted by molar-refractivity contribution is -0.121. The lowest BCUT2D eigenvalue weighted by atomic mass is 9.94. The zero-order chi connectivity index (χ0) is 6.85. The molecule has 0 saturated heterocycles. The fourth-order valence-electron chi connectivity index (χ4n) is 0.954. The minimum atomic E-state index is -0.110. The zero-order valence-corrected chi connectivity index (χ0v) is 5.42. The molecule has 0 heterocycles. The molecule has 0 fully saturated rings. The van der Waals surface area contributed by atoms with Crippen molar-refractivity contribution in [3.05, 3.63) is 11.8 Å². The molecule has 1 aliphatic rings. The number of carbonyl (C=O) groups excluding carboxylic acids is 1. The van der Waals surface area contributed by atoms with E-state index in [0.29, 0.717) is 0 Å². The largest absolute Gasteiger partial charge is 0.505 e. The molecule has 1 rings (SSSR count). The molecule has 0 aromatic heterocycles. The summed E-state index contributed by atoms with van der Waals surface area (Å²) in [5, 5.41) is 8.86. The van der Waals surface area contributed by atoms with Gasteiger partial charge in [0.05, 0.1) is 0 Å². The van der Waals surface area contributed by atoms with Gasteiger partial charge >= 0.3 is 0 Å². The Hall–Kier alpha value is -0.790. The average molecular weight is 126 g/mol. The number of carbonyl (C=O) groups is 1. The van der Waals surface area contributed by atoms with E-state index in [1.807, 2.05) is 6.92 Å². The topological polar surface area (TPSA) is 37.3 Å². The van der Waals surface area contributed by atoms with Crippen LogP contribution in [-0.2, 0) is 4.79 Å². The number of rotatable bonds is 0. The Bertz CT molecular complexity index is 158. The number of aliphatic hydroxyl groups excluding tert-OH is 1. The molecular weight excluding hydrogens is 116 g/mol. The quantitative estimate of drug-likeness (QED) is 0.533. The van der Waals surface area contributed by atoms with Gasteiger partial charge in [-0.05, 0) is 18.9 Å². The minimum Gasteiger partial charge on any atom is -0.505 e. The molecule has 0 aromatic carbocycles. The molecule has 0 amide bonds. The summed E-state index contributed by atoms with van der Waals surface area (Å²) in [7, 11) is 0. The Morgan fingerprint density at radius 1 is 1.78 bits per heavy atom. The first-order valence-corrected chi connectivity index (χ1v) is 3.15. The van der Waals surface area contributed by atoms with E-state index in [-0.39, 0.29) is 17.5 Å². The lowest BCUT2D eigenvalue weighted by Crippen LogP contribution is -2.16. The molecule has 1 atom stereocenters.